The number of aliphatic hydroxyl groups excluding tert-OH is 1. The number of nitrogens with zero attached hydrogens (tertiary/aromatic N) is 3. The van der Waals surface area contributed by atoms with Gasteiger partial charge in [-0.1, -0.05) is 11.8 Å². The van der Waals surface area contributed by atoms with Crippen molar-refractivity contribution >= 4 is 11.8 Å². The summed E-state index contributed by atoms with van der Waals surface area (Å²) in [5, 5.41) is 18.1. The Hall–Kier alpha value is -1.53. The molecular formula is C14H19N3O2S. The highest BCUT2D eigenvalue weighted by atomic mass is 32.2. The van der Waals surface area contributed by atoms with Crippen LogP contribution in [0.2, 0.25) is 0 Å². The van der Waals surface area contributed by atoms with Gasteiger partial charge in [-0.25, -0.2) is 0 Å². The minimum atomic E-state index is 0.247. The van der Waals surface area contributed by atoms with Crippen molar-refractivity contribution in [1.29, 1.82) is 0 Å². The summed E-state index contributed by atoms with van der Waals surface area (Å²) in [4.78, 5) is 0. The molecule has 0 amide bonds. The quantitative estimate of drug-likeness (QED) is 0.627. The Morgan fingerprint density at radius 2 is 1.95 bits per heavy atom. The normalized spacial score (nSPS) is 10.8. The van der Waals surface area contributed by atoms with E-state index in [-0.39, 0.29) is 6.61 Å². The zero-order chi connectivity index (χ0) is 14.4. The summed E-state index contributed by atoms with van der Waals surface area (Å²) < 4.78 is 7.14. The topological polar surface area (TPSA) is 60.2 Å². The molecule has 108 valence electrons. The van der Waals surface area contributed by atoms with Crippen molar-refractivity contribution in [3.05, 3.63) is 24.3 Å². The van der Waals surface area contributed by atoms with E-state index in [0.29, 0.717) is 0 Å². The predicted molar refractivity (Wildman–Crippen MR) is 80.0 cm³/mol. The van der Waals surface area contributed by atoms with Crippen molar-refractivity contribution in [1.82, 2.24) is 14.8 Å². The second-order valence-corrected chi connectivity index (χ2v) is 5.43. The summed E-state index contributed by atoms with van der Waals surface area (Å²) in [6, 6.07) is 7.78. The third kappa shape index (κ3) is 3.52. The van der Waals surface area contributed by atoms with Gasteiger partial charge in [-0.3, -0.25) is 0 Å². The molecule has 0 aliphatic carbocycles. The fourth-order valence-corrected chi connectivity index (χ4v) is 2.72. The Morgan fingerprint density at radius 3 is 2.60 bits per heavy atom. The molecule has 0 bridgehead atoms. The number of aromatic nitrogens is 3. The second-order valence-electron chi connectivity index (χ2n) is 4.37. The van der Waals surface area contributed by atoms with Crippen molar-refractivity contribution in [3.8, 4) is 17.1 Å². The van der Waals surface area contributed by atoms with Crippen LogP contribution in [0.4, 0.5) is 0 Å². The molecule has 20 heavy (non-hydrogen) atoms. The number of ether oxygens (including phenoxy) is 1. The molecule has 1 aromatic carbocycles. The van der Waals surface area contributed by atoms with Crippen molar-refractivity contribution in [3.63, 3.8) is 0 Å². The Labute approximate surface area is 123 Å². The molecule has 1 N–H and O–H groups in total. The lowest BCUT2D eigenvalue weighted by molar-refractivity contribution is 0.287. The summed E-state index contributed by atoms with van der Waals surface area (Å²) in [5.41, 5.74) is 1.02. The number of aliphatic hydroxyl groups is 1. The van der Waals surface area contributed by atoms with Gasteiger partial charge in [0.05, 0.1) is 7.11 Å². The third-order valence-electron chi connectivity index (χ3n) is 2.97. The Kier molecular flexibility index (Phi) is 5.43. The number of hydrogen-bond donors (Lipinski definition) is 1. The Morgan fingerprint density at radius 1 is 1.20 bits per heavy atom. The standard InChI is InChI=1S/C14H19N3O2S/c1-17-13(11-5-7-12(19-2)8-6-11)15-16-14(17)20-10-4-3-9-18/h5-8,18H,3-4,9-10H2,1-2H3. The molecule has 0 fully saturated rings. The summed E-state index contributed by atoms with van der Waals surface area (Å²) in [6.07, 6.45) is 1.81. The van der Waals surface area contributed by atoms with E-state index < -0.39 is 0 Å². The summed E-state index contributed by atoms with van der Waals surface area (Å²) in [7, 11) is 3.62. The maximum Gasteiger partial charge on any atom is 0.191 e. The van der Waals surface area contributed by atoms with Crippen LogP contribution < -0.4 is 4.74 Å². The molecule has 0 aliphatic rings. The number of methoxy groups -OCH3 is 1. The van der Waals surface area contributed by atoms with Gasteiger partial charge in [0.25, 0.3) is 0 Å². The molecular weight excluding hydrogens is 274 g/mol. The molecule has 0 atom stereocenters. The number of rotatable bonds is 7. The number of unbranched alkanes of at least 4 members (excludes halogenated alkanes) is 1. The smallest absolute Gasteiger partial charge is 0.191 e. The van der Waals surface area contributed by atoms with E-state index in [4.69, 9.17) is 9.84 Å². The lowest BCUT2D eigenvalue weighted by Crippen LogP contribution is -1.96. The van der Waals surface area contributed by atoms with Gasteiger partial charge >= 0.3 is 0 Å². The van der Waals surface area contributed by atoms with Crippen molar-refractivity contribution in [2.75, 3.05) is 19.5 Å². The van der Waals surface area contributed by atoms with Gasteiger partial charge in [0.2, 0.25) is 0 Å². The molecule has 5 nitrogen and oxygen atoms in total. The van der Waals surface area contributed by atoms with Crippen LogP contribution in [0.5, 0.6) is 5.75 Å². The molecule has 2 rings (SSSR count). The van der Waals surface area contributed by atoms with Crippen LogP contribution in [0.15, 0.2) is 29.4 Å². The fourth-order valence-electron chi connectivity index (χ4n) is 1.81. The maximum absolute atomic E-state index is 8.76. The lowest BCUT2D eigenvalue weighted by atomic mass is 10.2. The van der Waals surface area contributed by atoms with E-state index in [2.05, 4.69) is 10.2 Å². The Balaban J connectivity index is 2.07. The Bertz CT molecular complexity index is 540. The zero-order valence-corrected chi connectivity index (χ0v) is 12.6. The molecule has 0 unspecified atom stereocenters. The molecule has 0 saturated heterocycles. The minimum absolute atomic E-state index is 0.247. The second kappa shape index (κ2) is 7.31. The summed E-state index contributed by atoms with van der Waals surface area (Å²) >= 11 is 1.66. The largest absolute Gasteiger partial charge is 0.497 e. The first-order chi connectivity index (χ1) is 9.76. The van der Waals surface area contributed by atoms with Gasteiger partial charge < -0.3 is 14.4 Å². The van der Waals surface area contributed by atoms with Crippen LogP contribution in [-0.2, 0) is 7.05 Å². The van der Waals surface area contributed by atoms with Crippen LogP contribution in [0.1, 0.15) is 12.8 Å². The minimum Gasteiger partial charge on any atom is -0.497 e. The van der Waals surface area contributed by atoms with Gasteiger partial charge in [-0.05, 0) is 37.1 Å². The maximum atomic E-state index is 8.76. The molecule has 0 spiro atoms. The van der Waals surface area contributed by atoms with Crippen molar-refractivity contribution in [2.24, 2.45) is 7.05 Å². The highest BCUT2D eigenvalue weighted by molar-refractivity contribution is 7.99. The lowest BCUT2D eigenvalue weighted by Gasteiger charge is -2.04. The van der Waals surface area contributed by atoms with E-state index in [1.54, 1.807) is 18.9 Å². The van der Waals surface area contributed by atoms with Crippen LogP contribution in [0, 0.1) is 0 Å². The predicted octanol–water partition coefficient (Wildman–Crippen LogP) is 2.36. The molecule has 0 saturated carbocycles. The van der Waals surface area contributed by atoms with Gasteiger partial charge in [0, 0.05) is 25.0 Å². The fraction of sp³-hybridized carbons (Fsp3) is 0.429. The van der Waals surface area contributed by atoms with E-state index in [9.17, 15) is 0 Å². The molecule has 1 aromatic heterocycles. The average molecular weight is 293 g/mol. The number of thioether (sulfide) groups is 1. The first-order valence-corrected chi connectivity index (χ1v) is 7.52. The van der Waals surface area contributed by atoms with Gasteiger partial charge in [-0.15, -0.1) is 10.2 Å². The summed E-state index contributed by atoms with van der Waals surface area (Å²) in [6.45, 7) is 0.247. The number of hydrogen-bond acceptors (Lipinski definition) is 5. The molecule has 0 radical (unpaired) electrons. The summed E-state index contributed by atoms with van der Waals surface area (Å²) in [5.74, 6) is 2.61. The van der Waals surface area contributed by atoms with Gasteiger partial charge in [-0.2, -0.15) is 0 Å². The van der Waals surface area contributed by atoms with Crippen LogP contribution >= 0.6 is 11.8 Å². The van der Waals surface area contributed by atoms with Crippen LogP contribution in [-0.4, -0.2) is 39.3 Å². The SMILES string of the molecule is COc1ccc(-c2nnc(SCCCCO)n2C)cc1. The highest BCUT2D eigenvalue weighted by Crippen LogP contribution is 2.24. The molecule has 1 heterocycles. The van der Waals surface area contributed by atoms with E-state index >= 15 is 0 Å². The molecule has 2 aromatic rings. The highest BCUT2D eigenvalue weighted by Gasteiger charge is 2.10. The zero-order valence-electron chi connectivity index (χ0n) is 11.7. The molecule has 0 aliphatic heterocycles. The number of benzene rings is 1. The van der Waals surface area contributed by atoms with Gasteiger partial charge in [0.15, 0.2) is 11.0 Å². The monoisotopic (exact) mass is 293 g/mol. The third-order valence-corrected chi connectivity index (χ3v) is 4.07. The molecule has 6 heteroatoms. The van der Waals surface area contributed by atoms with E-state index in [0.717, 1.165) is 40.9 Å². The van der Waals surface area contributed by atoms with Crippen LogP contribution in [0.3, 0.4) is 0 Å². The van der Waals surface area contributed by atoms with Crippen molar-refractivity contribution in [2.45, 2.75) is 18.0 Å². The van der Waals surface area contributed by atoms with E-state index in [1.165, 1.54) is 0 Å². The first kappa shape index (κ1) is 14.9. The first-order valence-electron chi connectivity index (χ1n) is 6.53. The van der Waals surface area contributed by atoms with Crippen molar-refractivity contribution < 1.29 is 9.84 Å². The average Bonchev–Trinajstić information content (AvgIpc) is 2.85. The van der Waals surface area contributed by atoms with E-state index in [1.807, 2.05) is 35.9 Å². The van der Waals surface area contributed by atoms with Crippen LogP contribution in [0.25, 0.3) is 11.4 Å². The van der Waals surface area contributed by atoms with Gasteiger partial charge in [0.1, 0.15) is 5.75 Å².